The van der Waals surface area contributed by atoms with Crippen molar-refractivity contribution in [1.82, 2.24) is 4.98 Å². The van der Waals surface area contributed by atoms with Gasteiger partial charge in [-0.05, 0) is 45.8 Å². The van der Waals surface area contributed by atoms with Gasteiger partial charge in [0.15, 0.2) is 0 Å². The first-order valence-corrected chi connectivity index (χ1v) is 7.56. The number of aromatic hydroxyl groups is 1. The number of rotatable bonds is 3. The standard InChI is InChI=1S/C16H12BrClN2O/c17-12-7-11-2-1-3-14(16(11)20-9-12)19-8-10-4-5-15(21)13(18)6-10/h1-7,9,19,21H,8H2. The average Bonchev–Trinajstić information content (AvgIpc) is 2.48. The van der Waals surface area contributed by atoms with Gasteiger partial charge in [0.2, 0.25) is 0 Å². The molecule has 0 saturated heterocycles. The van der Waals surface area contributed by atoms with E-state index < -0.39 is 0 Å². The van der Waals surface area contributed by atoms with Crippen molar-refractivity contribution in [3.63, 3.8) is 0 Å². The fourth-order valence-corrected chi connectivity index (χ4v) is 2.69. The van der Waals surface area contributed by atoms with E-state index in [2.05, 4.69) is 26.2 Å². The highest BCUT2D eigenvalue weighted by molar-refractivity contribution is 9.10. The number of fused-ring (bicyclic) bond motifs is 1. The number of aromatic nitrogens is 1. The summed E-state index contributed by atoms with van der Waals surface area (Å²) in [5.74, 6) is 0.0945. The van der Waals surface area contributed by atoms with Gasteiger partial charge in [0.1, 0.15) is 5.75 Å². The molecule has 2 N–H and O–H groups in total. The van der Waals surface area contributed by atoms with Crippen LogP contribution in [0.4, 0.5) is 5.69 Å². The van der Waals surface area contributed by atoms with E-state index in [1.807, 2.05) is 30.3 Å². The molecular weight excluding hydrogens is 352 g/mol. The molecule has 3 aromatic rings. The topological polar surface area (TPSA) is 45.1 Å². The molecule has 5 heteroatoms. The van der Waals surface area contributed by atoms with E-state index in [1.54, 1.807) is 18.3 Å². The number of phenolic OH excluding ortho intramolecular Hbond substituents is 1. The van der Waals surface area contributed by atoms with E-state index in [4.69, 9.17) is 11.6 Å². The van der Waals surface area contributed by atoms with Crippen LogP contribution in [-0.4, -0.2) is 10.1 Å². The lowest BCUT2D eigenvalue weighted by atomic mass is 10.1. The third kappa shape index (κ3) is 3.12. The zero-order chi connectivity index (χ0) is 14.8. The van der Waals surface area contributed by atoms with Crippen molar-refractivity contribution < 1.29 is 5.11 Å². The van der Waals surface area contributed by atoms with Crippen molar-refractivity contribution in [2.75, 3.05) is 5.32 Å². The number of halogens is 2. The fraction of sp³-hybridized carbons (Fsp3) is 0.0625. The number of para-hydroxylation sites is 1. The molecule has 0 unspecified atom stereocenters. The van der Waals surface area contributed by atoms with E-state index in [0.717, 1.165) is 26.6 Å². The second-order valence-corrected chi connectivity index (χ2v) is 5.99. The Bertz CT molecular complexity index is 807. The van der Waals surface area contributed by atoms with Crippen molar-refractivity contribution >= 4 is 44.1 Å². The molecule has 0 amide bonds. The molecule has 0 aliphatic rings. The highest BCUT2D eigenvalue weighted by Crippen LogP contribution is 2.26. The maximum absolute atomic E-state index is 9.43. The van der Waals surface area contributed by atoms with Gasteiger partial charge in [0.25, 0.3) is 0 Å². The van der Waals surface area contributed by atoms with Gasteiger partial charge < -0.3 is 10.4 Å². The Labute approximate surface area is 135 Å². The third-order valence-electron chi connectivity index (χ3n) is 3.17. The number of hydrogen-bond donors (Lipinski definition) is 2. The molecule has 3 nitrogen and oxygen atoms in total. The van der Waals surface area contributed by atoms with Crippen molar-refractivity contribution in [3.05, 3.63) is 63.7 Å². The molecule has 0 atom stereocenters. The average molecular weight is 364 g/mol. The summed E-state index contributed by atoms with van der Waals surface area (Å²) < 4.78 is 0.956. The molecule has 0 saturated carbocycles. The highest BCUT2D eigenvalue weighted by atomic mass is 79.9. The summed E-state index contributed by atoms with van der Waals surface area (Å²) in [4.78, 5) is 4.45. The number of pyridine rings is 1. The third-order valence-corrected chi connectivity index (χ3v) is 3.91. The van der Waals surface area contributed by atoms with Crippen molar-refractivity contribution in [2.45, 2.75) is 6.54 Å². The number of benzene rings is 2. The number of anilines is 1. The zero-order valence-electron chi connectivity index (χ0n) is 11.0. The second kappa shape index (κ2) is 5.92. The summed E-state index contributed by atoms with van der Waals surface area (Å²) in [6, 6.07) is 13.2. The lowest BCUT2D eigenvalue weighted by molar-refractivity contribution is 0.475. The normalized spacial score (nSPS) is 10.8. The Hall–Kier alpha value is -1.78. The molecule has 0 aliphatic heterocycles. The van der Waals surface area contributed by atoms with Crippen LogP contribution in [0.5, 0.6) is 5.75 Å². The zero-order valence-corrected chi connectivity index (χ0v) is 13.3. The van der Waals surface area contributed by atoms with Crippen molar-refractivity contribution in [2.24, 2.45) is 0 Å². The fourth-order valence-electron chi connectivity index (χ4n) is 2.13. The minimum atomic E-state index is 0.0945. The lowest BCUT2D eigenvalue weighted by Crippen LogP contribution is -2.00. The van der Waals surface area contributed by atoms with Gasteiger partial charge in [-0.2, -0.15) is 0 Å². The number of phenols is 1. The molecule has 0 bridgehead atoms. The van der Waals surface area contributed by atoms with Gasteiger partial charge in [-0.25, -0.2) is 0 Å². The van der Waals surface area contributed by atoms with Crippen LogP contribution in [0.15, 0.2) is 53.1 Å². The van der Waals surface area contributed by atoms with Crippen LogP contribution < -0.4 is 5.32 Å². The first kappa shape index (κ1) is 14.2. The van der Waals surface area contributed by atoms with E-state index >= 15 is 0 Å². The van der Waals surface area contributed by atoms with Gasteiger partial charge >= 0.3 is 0 Å². The summed E-state index contributed by atoms with van der Waals surface area (Å²) in [5.41, 5.74) is 2.88. The molecule has 2 aromatic carbocycles. The molecule has 0 spiro atoms. The first-order chi connectivity index (χ1) is 10.1. The predicted octanol–water partition coefficient (Wildman–Crippen LogP) is 4.97. The van der Waals surface area contributed by atoms with E-state index in [0.29, 0.717) is 11.6 Å². The SMILES string of the molecule is Oc1ccc(CNc2cccc3cc(Br)cnc23)cc1Cl. The second-order valence-electron chi connectivity index (χ2n) is 4.67. The highest BCUT2D eigenvalue weighted by Gasteiger charge is 2.04. The van der Waals surface area contributed by atoms with Crippen LogP contribution in [0.1, 0.15) is 5.56 Å². The largest absolute Gasteiger partial charge is 0.506 e. The molecule has 106 valence electrons. The van der Waals surface area contributed by atoms with Gasteiger partial charge in [0.05, 0.1) is 16.2 Å². The van der Waals surface area contributed by atoms with Crippen LogP contribution >= 0.6 is 27.5 Å². The monoisotopic (exact) mass is 362 g/mol. The number of hydrogen-bond acceptors (Lipinski definition) is 3. The Morgan fingerprint density at radius 1 is 1.19 bits per heavy atom. The van der Waals surface area contributed by atoms with Crippen LogP contribution in [0.25, 0.3) is 10.9 Å². The number of nitrogens with one attached hydrogen (secondary N) is 1. The Morgan fingerprint density at radius 2 is 2.05 bits per heavy atom. The summed E-state index contributed by atoms with van der Waals surface area (Å²) >= 11 is 9.34. The molecule has 21 heavy (non-hydrogen) atoms. The smallest absolute Gasteiger partial charge is 0.134 e. The van der Waals surface area contributed by atoms with Gasteiger partial charge in [-0.1, -0.05) is 29.8 Å². The molecule has 0 fully saturated rings. The maximum atomic E-state index is 9.43. The van der Waals surface area contributed by atoms with Crippen molar-refractivity contribution in [3.8, 4) is 5.75 Å². The summed E-state index contributed by atoms with van der Waals surface area (Å²) in [5, 5.41) is 14.2. The molecule has 0 radical (unpaired) electrons. The van der Waals surface area contributed by atoms with Crippen LogP contribution in [0.2, 0.25) is 5.02 Å². The number of nitrogens with zero attached hydrogens (tertiary/aromatic N) is 1. The predicted molar refractivity (Wildman–Crippen MR) is 89.9 cm³/mol. The Morgan fingerprint density at radius 3 is 2.86 bits per heavy atom. The lowest BCUT2D eigenvalue weighted by Gasteiger charge is -2.10. The van der Waals surface area contributed by atoms with E-state index in [-0.39, 0.29) is 5.75 Å². The molecule has 1 heterocycles. The molecule has 0 aliphatic carbocycles. The Kier molecular flexibility index (Phi) is 3.99. The van der Waals surface area contributed by atoms with Gasteiger partial charge in [-0.3, -0.25) is 4.98 Å². The first-order valence-electron chi connectivity index (χ1n) is 6.39. The maximum Gasteiger partial charge on any atom is 0.134 e. The summed E-state index contributed by atoms with van der Waals surface area (Å²) in [6.07, 6.45) is 1.78. The van der Waals surface area contributed by atoms with Crippen LogP contribution in [-0.2, 0) is 6.54 Å². The summed E-state index contributed by atoms with van der Waals surface area (Å²) in [6.45, 7) is 0.608. The minimum absolute atomic E-state index is 0.0945. The van der Waals surface area contributed by atoms with Crippen LogP contribution in [0.3, 0.4) is 0 Å². The van der Waals surface area contributed by atoms with Crippen molar-refractivity contribution in [1.29, 1.82) is 0 Å². The Balaban J connectivity index is 1.86. The molecule has 3 rings (SSSR count). The minimum Gasteiger partial charge on any atom is -0.506 e. The molecular formula is C16H12BrClN2O. The van der Waals surface area contributed by atoms with Gasteiger partial charge in [-0.15, -0.1) is 0 Å². The quantitative estimate of drug-likeness (QED) is 0.690. The molecule has 1 aromatic heterocycles. The van der Waals surface area contributed by atoms with E-state index in [1.165, 1.54) is 0 Å². The van der Waals surface area contributed by atoms with E-state index in [9.17, 15) is 5.11 Å². The summed E-state index contributed by atoms with van der Waals surface area (Å²) in [7, 11) is 0. The van der Waals surface area contributed by atoms with Gasteiger partial charge in [0, 0.05) is 22.6 Å². The van der Waals surface area contributed by atoms with Crippen LogP contribution in [0, 0.1) is 0 Å².